The van der Waals surface area contributed by atoms with Crippen LogP contribution in [0.3, 0.4) is 0 Å². The lowest BCUT2D eigenvalue weighted by Crippen LogP contribution is -2.46. The molecule has 0 spiro atoms. The smallest absolute Gasteiger partial charge is 0.377 e. The highest BCUT2D eigenvalue weighted by Crippen LogP contribution is 2.26. The highest BCUT2D eigenvalue weighted by atomic mass is 28.4. The molecule has 0 heterocycles. The normalized spacial score (nSPS) is 12.8. The van der Waals surface area contributed by atoms with E-state index in [2.05, 4.69) is 6.58 Å². The van der Waals surface area contributed by atoms with E-state index in [1.54, 1.807) is 42.7 Å². The summed E-state index contributed by atoms with van der Waals surface area (Å²) in [7, 11) is 4.09. The highest BCUT2D eigenvalue weighted by molar-refractivity contribution is 6.63. The maximum Gasteiger partial charge on any atom is 0.504 e. The summed E-state index contributed by atoms with van der Waals surface area (Å²) in [5.41, 5.74) is 0.865. The van der Waals surface area contributed by atoms with Gasteiger partial charge in [0, 0.05) is 54.7 Å². The molecule has 108 valence electrons. The fourth-order valence-corrected chi connectivity index (χ4v) is 5.20. The zero-order valence-corrected chi connectivity index (χ0v) is 14.1. The summed E-state index contributed by atoms with van der Waals surface area (Å²) in [5, 5.41) is 0. The van der Waals surface area contributed by atoms with Gasteiger partial charge in [0.05, 0.1) is 0 Å². The van der Waals surface area contributed by atoms with Crippen molar-refractivity contribution in [2.75, 3.05) is 42.7 Å². The fraction of sp³-hybridized carbons (Fsp3) is 0.800. The molecule has 0 radical (unpaired) electrons. The first-order valence-electron chi connectivity index (χ1n) is 5.44. The molecule has 0 bridgehead atoms. The minimum Gasteiger partial charge on any atom is -0.377 e. The maximum absolute atomic E-state index is 5.35. The third-order valence-electron chi connectivity index (χ3n) is 2.80. The molecule has 0 aromatic heterocycles. The van der Waals surface area contributed by atoms with E-state index in [1.165, 1.54) is 0 Å². The quantitative estimate of drug-likeness (QED) is 0.447. The van der Waals surface area contributed by atoms with E-state index in [9.17, 15) is 0 Å². The molecule has 18 heavy (non-hydrogen) atoms. The second-order valence-electron chi connectivity index (χ2n) is 3.69. The molecule has 0 N–H and O–H groups in total. The topological polar surface area (TPSA) is 55.4 Å². The predicted molar refractivity (Wildman–Crippen MR) is 72.3 cm³/mol. The van der Waals surface area contributed by atoms with Gasteiger partial charge >= 0.3 is 17.6 Å². The minimum absolute atomic E-state index is 0.501. The molecular formula is C10H24O6Si2. The lowest BCUT2D eigenvalue weighted by molar-refractivity contribution is 0.121. The van der Waals surface area contributed by atoms with Gasteiger partial charge in [0.2, 0.25) is 0 Å². The van der Waals surface area contributed by atoms with Crippen molar-refractivity contribution < 1.29 is 26.6 Å². The van der Waals surface area contributed by atoms with Gasteiger partial charge in [-0.05, 0) is 0 Å². The van der Waals surface area contributed by atoms with Gasteiger partial charge < -0.3 is 26.6 Å². The van der Waals surface area contributed by atoms with Gasteiger partial charge in [0.15, 0.2) is 0 Å². The molecule has 0 aliphatic rings. The maximum atomic E-state index is 5.35. The van der Waals surface area contributed by atoms with Crippen LogP contribution < -0.4 is 0 Å². The van der Waals surface area contributed by atoms with Crippen molar-refractivity contribution in [1.82, 2.24) is 0 Å². The molecule has 0 saturated carbocycles. The highest BCUT2D eigenvalue weighted by Gasteiger charge is 2.43. The first kappa shape index (κ1) is 17.9. The van der Waals surface area contributed by atoms with Gasteiger partial charge in [-0.2, -0.15) is 0 Å². The Morgan fingerprint density at radius 3 is 1.06 bits per heavy atom. The summed E-state index contributed by atoms with van der Waals surface area (Å²) in [6.45, 7) is 4.00. The zero-order valence-electron chi connectivity index (χ0n) is 12.1. The number of hydrogen-bond donors (Lipinski definition) is 0. The number of allylic oxidation sites excluding steroid dienone is 1. The van der Waals surface area contributed by atoms with Crippen LogP contribution in [-0.4, -0.2) is 60.3 Å². The number of rotatable bonds is 10. The van der Waals surface area contributed by atoms with E-state index < -0.39 is 17.6 Å². The summed E-state index contributed by atoms with van der Waals surface area (Å²) in [6, 6.07) is 1.00. The Kier molecular flexibility index (Phi) is 8.14. The van der Waals surface area contributed by atoms with Crippen LogP contribution in [0, 0.1) is 0 Å². The van der Waals surface area contributed by atoms with Crippen LogP contribution in [0.2, 0.25) is 12.1 Å². The molecule has 0 aliphatic carbocycles. The van der Waals surface area contributed by atoms with Gasteiger partial charge in [-0.15, -0.1) is 0 Å². The standard InChI is InChI=1S/C10H24O6Si2/c1-10(8-17(11-2,12-3)13-4)9-18(14-5,15-6)16-7/h1,8-9H2,2-7H3. The molecule has 0 aromatic rings. The van der Waals surface area contributed by atoms with Crippen molar-refractivity contribution in [2.24, 2.45) is 0 Å². The molecular weight excluding hydrogens is 272 g/mol. The number of hydrogen-bond acceptors (Lipinski definition) is 6. The Hall–Kier alpha value is -0.0662. The molecule has 0 atom stereocenters. The monoisotopic (exact) mass is 296 g/mol. The Morgan fingerprint density at radius 2 is 0.889 bits per heavy atom. The van der Waals surface area contributed by atoms with Crippen LogP contribution in [0.4, 0.5) is 0 Å². The van der Waals surface area contributed by atoms with Gasteiger partial charge in [-0.25, -0.2) is 0 Å². The van der Waals surface area contributed by atoms with Crippen molar-refractivity contribution in [3.8, 4) is 0 Å². The van der Waals surface area contributed by atoms with Crippen LogP contribution in [0.5, 0.6) is 0 Å². The van der Waals surface area contributed by atoms with Crippen LogP contribution >= 0.6 is 0 Å². The predicted octanol–water partition coefficient (Wildman–Crippen LogP) is 1.30. The second kappa shape index (κ2) is 8.17. The molecule has 0 amide bonds. The molecule has 0 fully saturated rings. The van der Waals surface area contributed by atoms with Crippen molar-refractivity contribution in [2.45, 2.75) is 12.1 Å². The Bertz CT molecular complexity index is 212. The third-order valence-corrected chi connectivity index (χ3v) is 8.40. The molecule has 0 unspecified atom stereocenters. The van der Waals surface area contributed by atoms with Gasteiger partial charge in [-0.3, -0.25) is 0 Å². The summed E-state index contributed by atoms with van der Waals surface area (Å²) in [6.07, 6.45) is 0. The average Bonchev–Trinajstić information content (AvgIpc) is 2.42. The van der Waals surface area contributed by atoms with Crippen molar-refractivity contribution in [1.29, 1.82) is 0 Å². The van der Waals surface area contributed by atoms with E-state index >= 15 is 0 Å². The van der Waals surface area contributed by atoms with Crippen LogP contribution in [0.15, 0.2) is 12.2 Å². The van der Waals surface area contributed by atoms with E-state index in [0.717, 1.165) is 5.57 Å². The third kappa shape index (κ3) is 4.55. The molecule has 0 rings (SSSR count). The molecule has 6 nitrogen and oxygen atoms in total. The Balaban J connectivity index is 4.67. The minimum atomic E-state index is -2.66. The summed E-state index contributed by atoms with van der Waals surface area (Å²) in [5.74, 6) is 0. The molecule has 0 aliphatic heterocycles. The van der Waals surface area contributed by atoms with Crippen molar-refractivity contribution >= 4 is 17.6 Å². The van der Waals surface area contributed by atoms with Crippen molar-refractivity contribution in [3.63, 3.8) is 0 Å². The average molecular weight is 296 g/mol. The summed E-state index contributed by atoms with van der Waals surface area (Å²) in [4.78, 5) is 0. The Labute approximate surface area is 112 Å². The molecule has 8 heteroatoms. The summed E-state index contributed by atoms with van der Waals surface area (Å²) < 4.78 is 32.1. The Morgan fingerprint density at radius 1 is 0.667 bits per heavy atom. The van der Waals surface area contributed by atoms with Gasteiger partial charge in [0.1, 0.15) is 0 Å². The molecule has 0 aromatic carbocycles. The van der Waals surface area contributed by atoms with Gasteiger partial charge in [-0.1, -0.05) is 12.2 Å². The van der Waals surface area contributed by atoms with E-state index in [0.29, 0.717) is 12.1 Å². The first-order chi connectivity index (χ1) is 8.46. The van der Waals surface area contributed by atoms with Crippen LogP contribution in [0.25, 0.3) is 0 Å². The fourth-order valence-electron chi connectivity index (χ4n) is 1.61. The van der Waals surface area contributed by atoms with Gasteiger partial charge in [0.25, 0.3) is 0 Å². The van der Waals surface area contributed by atoms with Crippen LogP contribution in [-0.2, 0) is 26.6 Å². The van der Waals surface area contributed by atoms with Crippen molar-refractivity contribution in [3.05, 3.63) is 12.2 Å². The zero-order chi connectivity index (χ0) is 14.2. The lowest BCUT2D eigenvalue weighted by atomic mass is 10.4. The first-order valence-corrected chi connectivity index (χ1v) is 9.31. The van der Waals surface area contributed by atoms with E-state index in [4.69, 9.17) is 26.6 Å². The SMILES string of the molecule is C=C(C[Si](OC)(OC)OC)C[Si](OC)(OC)OC. The largest absolute Gasteiger partial charge is 0.504 e. The van der Waals surface area contributed by atoms with E-state index in [-0.39, 0.29) is 0 Å². The van der Waals surface area contributed by atoms with Crippen LogP contribution in [0.1, 0.15) is 0 Å². The second-order valence-corrected chi connectivity index (χ2v) is 9.58. The van der Waals surface area contributed by atoms with E-state index in [1.807, 2.05) is 0 Å². The summed E-state index contributed by atoms with van der Waals surface area (Å²) >= 11 is 0. The molecule has 0 saturated heterocycles. The lowest BCUT2D eigenvalue weighted by Gasteiger charge is -2.28.